The average Bonchev–Trinajstić information content (AvgIpc) is 3.10. The summed E-state index contributed by atoms with van der Waals surface area (Å²) in [4.78, 5) is 25.9. The maximum absolute atomic E-state index is 13.3. The third-order valence-corrected chi connectivity index (χ3v) is 5.39. The Labute approximate surface area is 188 Å². The van der Waals surface area contributed by atoms with E-state index >= 15 is 0 Å². The molecule has 1 atom stereocenters. The van der Waals surface area contributed by atoms with Crippen molar-refractivity contribution in [3.8, 4) is 0 Å². The second-order valence-corrected chi connectivity index (χ2v) is 7.89. The minimum Gasteiger partial charge on any atom is -0.271 e. The summed E-state index contributed by atoms with van der Waals surface area (Å²) in [7, 11) is 0. The van der Waals surface area contributed by atoms with E-state index in [-0.39, 0.29) is 11.8 Å². The maximum atomic E-state index is 13.3. The lowest BCUT2D eigenvalue weighted by atomic mass is 9.92. The Bertz CT molecular complexity index is 1160. The molecule has 0 saturated carbocycles. The lowest BCUT2D eigenvalue weighted by Gasteiger charge is -2.16. The Morgan fingerprint density at radius 2 is 1.55 bits per heavy atom. The molecule has 0 aromatic heterocycles. The summed E-state index contributed by atoms with van der Waals surface area (Å²) in [5, 5.41) is 10.2. The van der Waals surface area contributed by atoms with Gasteiger partial charge in [-0.05, 0) is 48.9 Å². The summed E-state index contributed by atoms with van der Waals surface area (Å²) in [5.74, 6) is -1.29. The van der Waals surface area contributed by atoms with Gasteiger partial charge < -0.3 is 0 Å². The number of carbonyl (C=O) groups is 2. The molecule has 0 fully saturated rings. The zero-order valence-electron chi connectivity index (χ0n) is 16.7. The van der Waals surface area contributed by atoms with Gasteiger partial charge in [-0.25, -0.2) is 5.43 Å². The molecule has 1 unspecified atom stereocenters. The summed E-state index contributed by atoms with van der Waals surface area (Å²) >= 11 is 3.43. The molecule has 0 radical (unpaired) electrons. The highest BCUT2D eigenvalue weighted by Crippen LogP contribution is 2.27. The van der Waals surface area contributed by atoms with E-state index in [0.717, 1.165) is 10.0 Å². The third-order valence-electron chi connectivity index (χ3n) is 4.86. The van der Waals surface area contributed by atoms with Gasteiger partial charge in [0.1, 0.15) is 5.92 Å². The van der Waals surface area contributed by atoms with Crippen molar-refractivity contribution < 1.29 is 9.59 Å². The summed E-state index contributed by atoms with van der Waals surface area (Å²) in [5.41, 5.74) is 5.51. The topological polar surface area (TPSA) is 74.1 Å². The molecule has 2 amide bonds. The number of carbonyl (C=O) groups excluding carboxylic acids is 2. The van der Waals surface area contributed by atoms with Gasteiger partial charge in [-0.3, -0.25) is 9.59 Å². The van der Waals surface area contributed by atoms with Crippen LogP contribution >= 0.6 is 15.9 Å². The minimum atomic E-state index is -0.711. The molecule has 0 aliphatic carbocycles. The maximum Gasteiger partial charge on any atom is 0.271 e. The van der Waals surface area contributed by atoms with Crippen LogP contribution < -0.4 is 10.4 Å². The zero-order valence-corrected chi connectivity index (χ0v) is 18.3. The number of para-hydroxylation sites is 1. The fourth-order valence-electron chi connectivity index (χ4n) is 3.32. The van der Waals surface area contributed by atoms with Crippen LogP contribution in [0.4, 0.5) is 5.69 Å². The number of rotatable bonds is 5. The van der Waals surface area contributed by atoms with E-state index < -0.39 is 5.92 Å². The Kier molecular flexibility index (Phi) is 6.04. The summed E-state index contributed by atoms with van der Waals surface area (Å²) in [6.07, 6.45) is 0. The van der Waals surface area contributed by atoms with Crippen molar-refractivity contribution in [2.24, 2.45) is 16.1 Å². The number of hydrazone groups is 2. The van der Waals surface area contributed by atoms with Crippen LogP contribution in [-0.2, 0) is 4.79 Å². The monoisotopic (exact) mass is 474 g/mol. The molecule has 0 spiro atoms. The van der Waals surface area contributed by atoms with Gasteiger partial charge >= 0.3 is 0 Å². The first-order valence-electron chi connectivity index (χ1n) is 9.67. The van der Waals surface area contributed by atoms with Crippen LogP contribution in [0.3, 0.4) is 0 Å². The number of nitrogens with zero attached hydrogens (tertiary/aromatic N) is 3. The highest BCUT2D eigenvalue weighted by atomic mass is 79.9. The zero-order chi connectivity index (χ0) is 21.8. The Morgan fingerprint density at radius 1 is 0.935 bits per heavy atom. The van der Waals surface area contributed by atoms with Crippen LogP contribution in [0.25, 0.3) is 0 Å². The Balaban J connectivity index is 1.69. The minimum absolute atomic E-state index is 0.223. The van der Waals surface area contributed by atoms with Crippen molar-refractivity contribution in [2.75, 3.05) is 5.01 Å². The fraction of sp³-hybridized carbons (Fsp3) is 0.0833. The van der Waals surface area contributed by atoms with E-state index in [4.69, 9.17) is 0 Å². The third kappa shape index (κ3) is 4.46. The fourth-order valence-corrected chi connectivity index (χ4v) is 3.58. The van der Waals surface area contributed by atoms with Crippen molar-refractivity contribution >= 4 is 44.9 Å². The molecule has 0 bridgehead atoms. The van der Waals surface area contributed by atoms with Crippen LogP contribution in [0.15, 0.2) is 99.6 Å². The number of anilines is 1. The molecule has 7 heteroatoms. The Morgan fingerprint density at radius 3 is 2.19 bits per heavy atom. The largest absolute Gasteiger partial charge is 0.271 e. The van der Waals surface area contributed by atoms with E-state index in [1.165, 1.54) is 5.01 Å². The van der Waals surface area contributed by atoms with Crippen LogP contribution in [-0.4, -0.2) is 23.2 Å². The molecule has 3 aromatic carbocycles. The van der Waals surface area contributed by atoms with Gasteiger partial charge in [-0.15, -0.1) is 0 Å². The molecule has 1 N–H and O–H groups in total. The SMILES string of the molecule is CC1=NN(c2ccccc2)C(=O)C1/C(=N\NC(=O)c1ccccc1)c1ccc(Br)cc1. The summed E-state index contributed by atoms with van der Waals surface area (Å²) in [6, 6.07) is 25.5. The first-order chi connectivity index (χ1) is 15.0. The summed E-state index contributed by atoms with van der Waals surface area (Å²) < 4.78 is 0.901. The molecular formula is C24H19BrN4O2. The number of hydrogen-bond donors (Lipinski definition) is 1. The lowest BCUT2D eigenvalue weighted by Crippen LogP contribution is -2.35. The lowest BCUT2D eigenvalue weighted by molar-refractivity contribution is -0.118. The first kappa shape index (κ1) is 20.7. The standard InChI is InChI=1S/C24H19BrN4O2/c1-16-21(24(31)29(28-16)20-10-6-3-7-11-20)22(17-12-14-19(25)15-13-17)26-27-23(30)18-8-4-2-5-9-18/h2-15,21H,1H3,(H,27,30)/b26-22-. The molecule has 31 heavy (non-hydrogen) atoms. The molecule has 154 valence electrons. The van der Waals surface area contributed by atoms with E-state index in [1.54, 1.807) is 31.2 Å². The smallest absolute Gasteiger partial charge is 0.271 e. The number of halogens is 1. The second kappa shape index (κ2) is 9.06. The first-order valence-corrected chi connectivity index (χ1v) is 10.5. The van der Waals surface area contributed by atoms with Gasteiger partial charge in [0.05, 0.1) is 17.1 Å². The van der Waals surface area contributed by atoms with Gasteiger partial charge in [0, 0.05) is 10.0 Å². The van der Waals surface area contributed by atoms with Crippen LogP contribution in [0.2, 0.25) is 0 Å². The van der Waals surface area contributed by atoms with Gasteiger partial charge in [-0.2, -0.15) is 15.2 Å². The Hall–Kier alpha value is -3.58. The predicted octanol–water partition coefficient (Wildman–Crippen LogP) is 4.62. The van der Waals surface area contributed by atoms with Gasteiger partial charge in [0.15, 0.2) is 0 Å². The summed E-state index contributed by atoms with van der Waals surface area (Å²) in [6.45, 7) is 1.79. The van der Waals surface area contributed by atoms with Crippen LogP contribution in [0, 0.1) is 5.92 Å². The normalized spacial score (nSPS) is 16.3. The molecule has 0 saturated heterocycles. The molecule has 4 rings (SSSR count). The molecular weight excluding hydrogens is 456 g/mol. The quantitative estimate of drug-likeness (QED) is 0.432. The molecule has 6 nitrogen and oxygen atoms in total. The van der Waals surface area contributed by atoms with Gasteiger partial charge in [-0.1, -0.05) is 64.5 Å². The van der Waals surface area contributed by atoms with Crippen molar-refractivity contribution in [1.82, 2.24) is 5.43 Å². The number of hydrogen-bond acceptors (Lipinski definition) is 4. The van der Waals surface area contributed by atoms with Gasteiger partial charge in [0.25, 0.3) is 11.8 Å². The molecule has 3 aromatic rings. The average molecular weight is 475 g/mol. The van der Waals surface area contributed by atoms with E-state index in [2.05, 4.69) is 31.6 Å². The highest BCUT2D eigenvalue weighted by molar-refractivity contribution is 9.10. The van der Waals surface area contributed by atoms with Crippen molar-refractivity contribution in [3.63, 3.8) is 0 Å². The molecule has 1 heterocycles. The van der Waals surface area contributed by atoms with Crippen molar-refractivity contribution in [3.05, 3.63) is 101 Å². The molecule has 1 aliphatic rings. The van der Waals surface area contributed by atoms with Crippen LogP contribution in [0.1, 0.15) is 22.8 Å². The van der Waals surface area contributed by atoms with Crippen molar-refractivity contribution in [2.45, 2.75) is 6.92 Å². The number of amides is 2. The van der Waals surface area contributed by atoms with Crippen LogP contribution in [0.5, 0.6) is 0 Å². The highest BCUT2D eigenvalue weighted by Gasteiger charge is 2.39. The van der Waals surface area contributed by atoms with E-state index in [1.807, 2.05) is 60.7 Å². The number of benzene rings is 3. The van der Waals surface area contributed by atoms with Crippen molar-refractivity contribution in [1.29, 1.82) is 0 Å². The van der Waals surface area contributed by atoms with E-state index in [9.17, 15) is 9.59 Å². The predicted molar refractivity (Wildman–Crippen MR) is 125 cm³/mol. The molecule has 1 aliphatic heterocycles. The van der Waals surface area contributed by atoms with Gasteiger partial charge in [0.2, 0.25) is 0 Å². The number of nitrogens with one attached hydrogen (secondary N) is 1. The second-order valence-electron chi connectivity index (χ2n) is 6.97. The van der Waals surface area contributed by atoms with E-state index in [0.29, 0.717) is 22.7 Å².